The molecule has 0 aliphatic carbocycles. The van der Waals surface area contributed by atoms with Crippen LogP contribution in [-0.2, 0) is 24.2 Å². The Morgan fingerprint density at radius 1 is 1.30 bits per heavy atom. The van der Waals surface area contributed by atoms with Crippen LogP contribution in [0.4, 0.5) is 0 Å². The molecule has 4 rings (SSSR count). The maximum atomic E-state index is 12.7. The fraction of sp³-hybridized carbons (Fsp3) is 0.400. The van der Waals surface area contributed by atoms with Crippen molar-refractivity contribution in [2.45, 2.75) is 39.2 Å². The smallest absolute Gasteiger partial charge is 0.260 e. The minimum Gasteiger partial charge on any atom is -0.467 e. The zero-order chi connectivity index (χ0) is 18.6. The van der Waals surface area contributed by atoms with Gasteiger partial charge in [-0.05, 0) is 25.0 Å². The molecule has 0 fully saturated rings. The molecule has 0 atom stereocenters. The van der Waals surface area contributed by atoms with Crippen LogP contribution in [0.3, 0.4) is 0 Å². The number of benzene rings is 1. The SMILES string of the molecule is CCCCc1n[nH]c2c1CN(C(=O)COc1ncnc3ccccc13)CC2. The number of para-hydroxylation sites is 1. The molecule has 0 saturated carbocycles. The molecule has 7 heteroatoms. The number of fused-ring (bicyclic) bond motifs is 2. The molecule has 3 heterocycles. The molecule has 2 aromatic heterocycles. The van der Waals surface area contributed by atoms with Gasteiger partial charge in [0, 0.05) is 30.8 Å². The van der Waals surface area contributed by atoms with Crippen LogP contribution in [0.1, 0.15) is 36.7 Å². The van der Waals surface area contributed by atoms with Crippen LogP contribution in [0, 0.1) is 0 Å². The normalized spacial score (nSPS) is 13.6. The number of aromatic nitrogens is 4. The number of hydrogen-bond donors (Lipinski definition) is 1. The lowest BCUT2D eigenvalue weighted by Gasteiger charge is -2.27. The average molecular weight is 365 g/mol. The predicted molar refractivity (Wildman–Crippen MR) is 101 cm³/mol. The summed E-state index contributed by atoms with van der Waals surface area (Å²) in [6, 6.07) is 7.61. The summed E-state index contributed by atoms with van der Waals surface area (Å²) in [7, 11) is 0. The molecule has 0 unspecified atom stereocenters. The van der Waals surface area contributed by atoms with Gasteiger partial charge in [-0.25, -0.2) is 9.97 Å². The van der Waals surface area contributed by atoms with E-state index in [4.69, 9.17) is 4.74 Å². The molecule has 140 valence electrons. The fourth-order valence-corrected chi connectivity index (χ4v) is 3.43. The molecule has 3 aromatic rings. The summed E-state index contributed by atoms with van der Waals surface area (Å²) < 4.78 is 5.73. The molecular weight excluding hydrogens is 342 g/mol. The number of nitrogens with zero attached hydrogens (tertiary/aromatic N) is 4. The molecule has 0 radical (unpaired) electrons. The van der Waals surface area contributed by atoms with Gasteiger partial charge in [0.1, 0.15) is 6.33 Å². The van der Waals surface area contributed by atoms with Crippen LogP contribution < -0.4 is 4.74 Å². The monoisotopic (exact) mass is 365 g/mol. The second-order valence-electron chi connectivity index (χ2n) is 6.78. The molecule has 1 aromatic carbocycles. The number of amides is 1. The third-order valence-corrected chi connectivity index (χ3v) is 4.98. The second kappa shape index (κ2) is 7.73. The van der Waals surface area contributed by atoms with Crippen molar-refractivity contribution in [3.05, 3.63) is 47.5 Å². The van der Waals surface area contributed by atoms with E-state index in [1.807, 2.05) is 29.2 Å². The second-order valence-corrected chi connectivity index (χ2v) is 6.78. The number of carbonyl (C=O) groups is 1. The molecule has 1 amide bonds. The average Bonchev–Trinajstić information content (AvgIpc) is 3.12. The summed E-state index contributed by atoms with van der Waals surface area (Å²) in [4.78, 5) is 22.9. The number of hydrogen-bond acceptors (Lipinski definition) is 5. The lowest BCUT2D eigenvalue weighted by Crippen LogP contribution is -2.39. The molecule has 7 nitrogen and oxygen atoms in total. The summed E-state index contributed by atoms with van der Waals surface area (Å²) in [6.07, 6.45) is 5.45. The lowest BCUT2D eigenvalue weighted by molar-refractivity contribution is -0.134. The Hall–Kier alpha value is -2.96. The van der Waals surface area contributed by atoms with E-state index in [2.05, 4.69) is 27.1 Å². The first-order chi connectivity index (χ1) is 13.3. The summed E-state index contributed by atoms with van der Waals surface area (Å²) in [5.41, 5.74) is 4.23. The lowest BCUT2D eigenvalue weighted by atomic mass is 10.0. The highest BCUT2D eigenvalue weighted by Crippen LogP contribution is 2.23. The molecule has 0 spiro atoms. The third-order valence-electron chi connectivity index (χ3n) is 4.98. The zero-order valence-electron chi connectivity index (χ0n) is 15.4. The highest BCUT2D eigenvalue weighted by Gasteiger charge is 2.25. The van der Waals surface area contributed by atoms with Crippen molar-refractivity contribution in [3.8, 4) is 5.88 Å². The number of nitrogens with one attached hydrogen (secondary N) is 1. The number of unbranched alkanes of at least 4 members (excludes halogenated alkanes) is 1. The van der Waals surface area contributed by atoms with Gasteiger partial charge in [-0.1, -0.05) is 25.5 Å². The van der Waals surface area contributed by atoms with E-state index in [0.29, 0.717) is 19.0 Å². The Labute approximate surface area is 157 Å². The molecule has 1 N–H and O–H groups in total. The van der Waals surface area contributed by atoms with E-state index in [0.717, 1.165) is 48.0 Å². The third kappa shape index (κ3) is 3.63. The summed E-state index contributed by atoms with van der Waals surface area (Å²) in [6.45, 7) is 3.41. The maximum absolute atomic E-state index is 12.7. The van der Waals surface area contributed by atoms with Gasteiger partial charge in [0.05, 0.1) is 16.6 Å². The van der Waals surface area contributed by atoms with Gasteiger partial charge in [-0.2, -0.15) is 5.10 Å². The molecule has 0 bridgehead atoms. The molecule has 0 saturated heterocycles. The largest absolute Gasteiger partial charge is 0.467 e. The van der Waals surface area contributed by atoms with Crippen molar-refractivity contribution < 1.29 is 9.53 Å². The highest BCUT2D eigenvalue weighted by atomic mass is 16.5. The van der Waals surface area contributed by atoms with Crippen molar-refractivity contribution in [2.24, 2.45) is 0 Å². The van der Waals surface area contributed by atoms with Crippen LogP contribution in [0.2, 0.25) is 0 Å². The Balaban J connectivity index is 1.43. The van der Waals surface area contributed by atoms with E-state index in [-0.39, 0.29) is 12.5 Å². The Kier molecular flexibility index (Phi) is 5.00. The summed E-state index contributed by atoms with van der Waals surface area (Å²) >= 11 is 0. The van der Waals surface area contributed by atoms with Crippen molar-refractivity contribution in [2.75, 3.05) is 13.2 Å². The van der Waals surface area contributed by atoms with Crippen LogP contribution in [-0.4, -0.2) is 44.1 Å². The van der Waals surface area contributed by atoms with E-state index in [9.17, 15) is 4.79 Å². The number of aryl methyl sites for hydroxylation is 1. The number of H-pyrrole nitrogens is 1. The minimum absolute atomic E-state index is 0.0293. The van der Waals surface area contributed by atoms with Gasteiger partial charge in [-0.15, -0.1) is 0 Å². The Bertz CT molecular complexity index is 947. The van der Waals surface area contributed by atoms with E-state index < -0.39 is 0 Å². The van der Waals surface area contributed by atoms with Gasteiger partial charge in [-0.3, -0.25) is 9.89 Å². The van der Waals surface area contributed by atoms with E-state index >= 15 is 0 Å². The van der Waals surface area contributed by atoms with Crippen molar-refractivity contribution >= 4 is 16.8 Å². The van der Waals surface area contributed by atoms with Gasteiger partial charge in [0.15, 0.2) is 6.61 Å². The number of rotatable bonds is 6. The van der Waals surface area contributed by atoms with Gasteiger partial charge >= 0.3 is 0 Å². The predicted octanol–water partition coefficient (Wildman–Crippen LogP) is 2.66. The highest BCUT2D eigenvalue weighted by molar-refractivity contribution is 5.84. The molecule has 1 aliphatic rings. The number of aromatic amines is 1. The van der Waals surface area contributed by atoms with Crippen LogP contribution in [0.25, 0.3) is 10.9 Å². The first kappa shape index (κ1) is 17.5. The van der Waals surface area contributed by atoms with E-state index in [1.54, 1.807) is 0 Å². The number of ether oxygens (including phenoxy) is 1. The molecule has 27 heavy (non-hydrogen) atoms. The van der Waals surface area contributed by atoms with Gasteiger partial charge in [0.25, 0.3) is 5.91 Å². The zero-order valence-corrected chi connectivity index (χ0v) is 15.4. The standard InChI is InChI=1S/C20H23N5O2/c1-2-3-7-17-15-11-25(10-9-18(15)24-23-17)19(26)12-27-20-14-6-4-5-8-16(14)21-13-22-20/h4-6,8,13H,2-3,7,9-12H2,1H3,(H,23,24). The summed E-state index contributed by atoms with van der Waals surface area (Å²) in [5.74, 6) is 0.407. The van der Waals surface area contributed by atoms with E-state index in [1.165, 1.54) is 11.9 Å². The fourth-order valence-electron chi connectivity index (χ4n) is 3.43. The van der Waals surface area contributed by atoms with Crippen LogP contribution >= 0.6 is 0 Å². The van der Waals surface area contributed by atoms with Crippen LogP contribution in [0.15, 0.2) is 30.6 Å². The van der Waals surface area contributed by atoms with Crippen molar-refractivity contribution in [1.29, 1.82) is 0 Å². The quantitative estimate of drug-likeness (QED) is 0.726. The maximum Gasteiger partial charge on any atom is 0.260 e. The summed E-state index contributed by atoms with van der Waals surface area (Å²) in [5, 5.41) is 8.39. The van der Waals surface area contributed by atoms with Crippen molar-refractivity contribution in [3.63, 3.8) is 0 Å². The van der Waals surface area contributed by atoms with Crippen LogP contribution in [0.5, 0.6) is 5.88 Å². The topological polar surface area (TPSA) is 84.0 Å². The van der Waals surface area contributed by atoms with Crippen molar-refractivity contribution in [1.82, 2.24) is 25.1 Å². The Morgan fingerprint density at radius 2 is 2.19 bits per heavy atom. The van der Waals surface area contributed by atoms with Gasteiger partial charge in [0.2, 0.25) is 5.88 Å². The first-order valence-electron chi connectivity index (χ1n) is 9.41. The minimum atomic E-state index is -0.0361. The Morgan fingerprint density at radius 3 is 3.07 bits per heavy atom. The molecule has 1 aliphatic heterocycles. The first-order valence-corrected chi connectivity index (χ1v) is 9.41. The number of carbonyl (C=O) groups excluding carboxylic acids is 1. The molecular formula is C20H23N5O2. The van der Waals surface area contributed by atoms with Gasteiger partial charge < -0.3 is 9.64 Å².